The summed E-state index contributed by atoms with van der Waals surface area (Å²) in [6.45, 7) is 0. The fraction of sp³-hybridized carbons (Fsp3) is 0. The number of benzene rings is 7. The van der Waals surface area contributed by atoms with E-state index < -0.39 is 7.29 Å². The van der Waals surface area contributed by atoms with Crippen molar-refractivity contribution in [3.05, 3.63) is 170 Å². The Morgan fingerprint density at radius 2 is 0.844 bits per heavy atom. The third-order valence-corrected chi connectivity index (χ3v) is 12.3. The molecule has 0 N–H and O–H groups in total. The van der Waals surface area contributed by atoms with Crippen LogP contribution in [-0.4, -0.2) is 0 Å². The van der Waals surface area contributed by atoms with E-state index in [-0.39, 0.29) is 0 Å². The first-order chi connectivity index (χ1) is 22.2. The molecular formula is C42H28NOP. The summed E-state index contributed by atoms with van der Waals surface area (Å²) in [5, 5.41) is 1.79. The molecule has 7 aromatic rings. The second kappa shape index (κ2) is 10.1. The van der Waals surface area contributed by atoms with Crippen molar-refractivity contribution in [3.63, 3.8) is 0 Å². The van der Waals surface area contributed by atoms with E-state index in [0.29, 0.717) is 0 Å². The first-order valence-corrected chi connectivity index (χ1v) is 17.0. The second-order valence-electron chi connectivity index (χ2n) is 11.7. The Kier molecular flexibility index (Phi) is 5.81. The lowest BCUT2D eigenvalue weighted by atomic mass is 9.89. The van der Waals surface area contributed by atoms with Gasteiger partial charge in [-0.1, -0.05) is 133 Å². The molecule has 9 rings (SSSR count). The monoisotopic (exact) mass is 593 g/mol. The highest BCUT2D eigenvalue weighted by atomic mass is 31.2. The summed E-state index contributed by atoms with van der Waals surface area (Å²) in [5.74, 6) is 0. The van der Waals surface area contributed by atoms with Gasteiger partial charge in [0.05, 0.1) is 11.4 Å². The molecule has 1 unspecified atom stereocenters. The van der Waals surface area contributed by atoms with Gasteiger partial charge in [0.2, 0.25) is 7.29 Å². The number of anilines is 2. The predicted molar refractivity (Wildman–Crippen MR) is 189 cm³/mol. The zero-order valence-corrected chi connectivity index (χ0v) is 25.4. The molecule has 0 aromatic heterocycles. The lowest BCUT2D eigenvalue weighted by molar-refractivity contribution is 0.586. The number of hydrogen-bond acceptors (Lipinski definition) is 1. The van der Waals surface area contributed by atoms with Gasteiger partial charge < -0.3 is 0 Å². The number of rotatable bonds is 3. The predicted octanol–water partition coefficient (Wildman–Crippen LogP) is 10.7. The minimum absolute atomic E-state index is 0.888. The first-order valence-electron chi connectivity index (χ1n) is 15.3. The summed E-state index contributed by atoms with van der Waals surface area (Å²) in [6.07, 6.45) is 0. The van der Waals surface area contributed by atoms with E-state index in [4.69, 9.17) is 0 Å². The van der Waals surface area contributed by atoms with Gasteiger partial charge in [0, 0.05) is 21.7 Å². The van der Waals surface area contributed by atoms with E-state index in [1.54, 1.807) is 0 Å². The molecule has 0 amide bonds. The van der Waals surface area contributed by atoms with Crippen molar-refractivity contribution in [1.82, 2.24) is 0 Å². The maximum atomic E-state index is 15.7. The lowest BCUT2D eigenvalue weighted by Gasteiger charge is -2.44. The van der Waals surface area contributed by atoms with Gasteiger partial charge in [-0.2, -0.15) is 0 Å². The van der Waals surface area contributed by atoms with Gasteiger partial charge in [0.15, 0.2) is 0 Å². The summed E-state index contributed by atoms with van der Waals surface area (Å²) in [6, 6.07) is 59.5. The Morgan fingerprint density at radius 1 is 0.333 bits per heavy atom. The van der Waals surface area contributed by atoms with Gasteiger partial charge in [0.1, 0.15) is 0 Å². The van der Waals surface area contributed by atoms with Gasteiger partial charge in [-0.3, -0.25) is 9.24 Å². The minimum Gasteiger partial charge on any atom is -0.289 e. The van der Waals surface area contributed by atoms with Gasteiger partial charge in [-0.15, -0.1) is 0 Å². The molecule has 0 radical (unpaired) electrons. The number of hydrogen-bond donors (Lipinski definition) is 0. The highest BCUT2D eigenvalue weighted by molar-refractivity contribution is 7.81. The van der Waals surface area contributed by atoms with Crippen LogP contribution in [0.4, 0.5) is 11.4 Å². The quantitative estimate of drug-likeness (QED) is 0.190. The van der Waals surface area contributed by atoms with E-state index in [1.165, 1.54) is 27.8 Å². The van der Waals surface area contributed by atoms with Crippen LogP contribution in [-0.2, 0) is 4.57 Å². The van der Waals surface area contributed by atoms with Gasteiger partial charge in [0.25, 0.3) is 0 Å². The largest absolute Gasteiger partial charge is 0.289 e. The van der Waals surface area contributed by atoms with Crippen molar-refractivity contribution in [2.75, 3.05) is 4.67 Å². The number of para-hydroxylation sites is 1. The molecule has 0 saturated carbocycles. The summed E-state index contributed by atoms with van der Waals surface area (Å²) in [4.78, 5) is 0. The van der Waals surface area contributed by atoms with Crippen LogP contribution >= 0.6 is 7.29 Å². The highest BCUT2D eigenvalue weighted by Crippen LogP contribution is 2.65. The average molecular weight is 594 g/mol. The van der Waals surface area contributed by atoms with E-state index in [1.807, 2.05) is 24.3 Å². The molecule has 0 saturated heterocycles. The van der Waals surface area contributed by atoms with Crippen molar-refractivity contribution in [2.24, 2.45) is 0 Å². The van der Waals surface area contributed by atoms with Crippen LogP contribution in [0.5, 0.6) is 0 Å². The van der Waals surface area contributed by atoms with Gasteiger partial charge in [-0.25, -0.2) is 0 Å². The Morgan fingerprint density at radius 3 is 1.56 bits per heavy atom. The van der Waals surface area contributed by atoms with Gasteiger partial charge in [-0.05, 0) is 80.9 Å². The van der Waals surface area contributed by atoms with Crippen molar-refractivity contribution in [1.29, 1.82) is 0 Å². The second-order valence-corrected chi connectivity index (χ2v) is 14.2. The third-order valence-electron chi connectivity index (χ3n) is 9.20. The van der Waals surface area contributed by atoms with Crippen LogP contribution in [0.15, 0.2) is 170 Å². The summed E-state index contributed by atoms with van der Waals surface area (Å²) in [5.41, 5.74) is 13.3. The number of nitrogens with zero attached hydrogens (tertiary/aromatic N) is 1. The zero-order valence-electron chi connectivity index (χ0n) is 24.5. The molecule has 2 aliphatic rings. The van der Waals surface area contributed by atoms with Crippen LogP contribution < -0.4 is 15.3 Å². The van der Waals surface area contributed by atoms with E-state index in [9.17, 15) is 0 Å². The van der Waals surface area contributed by atoms with Crippen LogP contribution in [0, 0.1) is 0 Å². The Labute approximate surface area is 263 Å². The van der Waals surface area contributed by atoms with E-state index in [2.05, 4.69) is 150 Å². The molecule has 212 valence electrons. The SMILES string of the molecule is O=P12c3ccccc3-c3ccccc3N1c1ccc(-c3ccc(-c4ccccc4)cc3-c3ccccc3)cc1-c1ccccc12. The van der Waals surface area contributed by atoms with E-state index in [0.717, 1.165) is 49.8 Å². The third kappa shape index (κ3) is 3.86. The smallest absolute Gasteiger partial charge is 0.235 e. The molecule has 0 spiro atoms. The lowest BCUT2D eigenvalue weighted by Crippen LogP contribution is -2.37. The zero-order chi connectivity index (χ0) is 30.0. The fourth-order valence-corrected chi connectivity index (χ4v) is 10.4. The molecular weight excluding hydrogens is 565 g/mol. The molecule has 2 nitrogen and oxygen atoms in total. The fourth-order valence-electron chi connectivity index (χ4n) is 7.16. The van der Waals surface area contributed by atoms with Crippen LogP contribution in [0.3, 0.4) is 0 Å². The molecule has 0 bridgehead atoms. The molecule has 7 aromatic carbocycles. The molecule has 3 heteroatoms. The summed E-state index contributed by atoms with van der Waals surface area (Å²) in [7, 11) is -3.21. The topological polar surface area (TPSA) is 20.3 Å². The molecule has 2 heterocycles. The number of fused-ring (bicyclic) bond motifs is 11. The molecule has 0 aliphatic carbocycles. The van der Waals surface area contributed by atoms with Crippen molar-refractivity contribution >= 4 is 29.3 Å². The molecule has 0 fully saturated rings. The van der Waals surface area contributed by atoms with Crippen LogP contribution in [0.25, 0.3) is 55.6 Å². The maximum absolute atomic E-state index is 15.7. The molecule has 2 aliphatic heterocycles. The highest BCUT2D eigenvalue weighted by Gasteiger charge is 2.47. The summed E-state index contributed by atoms with van der Waals surface area (Å²) >= 11 is 0. The van der Waals surface area contributed by atoms with Crippen molar-refractivity contribution in [2.45, 2.75) is 0 Å². The Bertz CT molecular complexity index is 2310. The molecule has 1 atom stereocenters. The van der Waals surface area contributed by atoms with Crippen LogP contribution in [0.1, 0.15) is 0 Å². The maximum Gasteiger partial charge on any atom is 0.235 e. The van der Waals surface area contributed by atoms with E-state index >= 15 is 4.57 Å². The van der Waals surface area contributed by atoms with Crippen molar-refractivity contribution < 1.29 is 4.57 Å². The average Bonchev–Trinajstić information content (AvgIpc) is 3.12. The Hall–Kier alpha value is -5.43. The first kappa shape index (κ1) is 26.0. The van der Waals surface area contributed by atoms with Crippen LogP contribution in [0.2, 0.25) is 0 Å². The molecule has 45 heavy (non-hydrogen) atoms. The standard InChI is InChI=1S/C42H28NOP/c44-45-41-21-11-8-18-35(41)34-17-7-10-20-39(34)43(45)40-26-24-32(28-38(40)36-19-9-12-22-42(36)45)33-25-23-31(29-13-3-1-4-14-29)27-37(33)30-15-5-2-6-16-30/h1-28H. The Balaban J connectivity index is 1.29. The van der Waals surface area contributed by atoms with Crippen molar-refractivity contribution in [3.8, 4) is 55.6 Å². The normalized spacial score (nSPS) is 15.7. The van der Waals surface area contributed by atoms with Gasteiger partial charge >= 0.3 is 0 Å². The summed E-state index contributed by atoms with van der Waals surface area (Å²) < 4.78 is 17.8. The minimum atomic E-state index is -3.21.